The molecule has 2 amide bonds. The number of rotatable bonds is 2. The lowest BCUT2D eigenvalue weighted by Crippen LogP contribution is -2.47. The molecule has 1 aromatic carbocycles. The molecule has 4 rings (SSSR count). The molecule has 126 valence electrons. The predicted octanol–water partition coefficient (Wildman–Crippen LogP) is 3.05. The lowest BCUT2D eigenvalue weighted by atomic mass is 10.0. The summed E-state index contributed by atoms with van der Waals surface area (Å²) in [4.78, 5) is 17.1. The zero-order valence-corrected chi connectivity index (χ0v) is 14.1. The molecule has 1 N–H and O–H groups in total. The van der Waals surface area contributed by atoms with Crippen LogP contribution in [-0.4, -0.2) is 52.6 Å². The summed E-state index contributed by atoms with van der Waals surface area (Å²) in [6.07, 6.45) is 8.61. The Balaban J connectivity index is 1.40. The van der Waals surface area contributed by atoms with Gasteiger partial charge in [0.2, 0.25) is 0 Å². The standard InChI is InChI=1S/C19H24N4O/c1-21-12-7-15-5-4-6-17(18(15)21)20-19(24)23-13-8-16(9-14-23)22-10-2-3-11-22/h2-7,12,16H,8-11,13-14H2,1H3,(H,20,24). The Morgan fingerprint density at radius 3 is 2.62 bits per heavy atom. The Labute approximate surface area is 142 Å². The first-order valence-corrected chi connectivity index (χ1v) is 8.71. The van der Waals surface area contributed by atoms with Crippen LogP contribution in [0.2, 0.25) is 0 Å². The molecular formula is C19H24N4O. The molecule has 1 aromatic heterocycles. The number of para-hydroxylation sites is 1. The topological polar surface area (TPSA) is 40.5 Å². The van der Waals surface area contributed by atoms with Gasteiger partial charge >= 0.3 is 6.03 Å². The lowest BCUT2D eigenvalue weighted by Gasteiger charge is -2.36. The Bertz CT molecular complexity index is 763. The van der Waals surface area contributed by atoms with Gasteiger partial charge in [0.1, 0.15) is 0 Å². The number of aromatic nitrogens is 1. The van der Waals surface area contributed by atoms with Gasteiger partial charge in [0, 0.05) is 50.9 Å². The van der Waals surface area contributed by atoms with Crippen molar-refractivity contribution < 1.29 is 4.79 Å². The molecule has 2 aliphatic rings. The molecular weight excluding hydrogens is 300 g/mol. The summed E-state index contributed by atoms with van der Waals surface area (Å²) in [7, 11) is 2.01. The molecule has 5 nitrogen and oxygen atoms in total. The van der Waals surface area contributed by atoms with Crippen LogP contribution in [0.25, 0.3) is 10.9 Å². The molecule has 0 atom stereocenters. The highest BCUT2D eigenvalue weighted by molar-refractivity contribution is 6.00. The maximum atomic E-state index is 12.7. The summed E-state index contributed by atoms with van der Waals surface area (Å²) < 4.78 is 2.05. The van der Waals surface area contributed by atoms with Crippen LogP contribution in [-0.2, 0) is 7.05 Å². The van der Waals surface area contributed by atoms with Crippen molar-refractivity contribution in [2.45, 2.75) is 18.9 Å². The average molecular weight is 324 g/mol. The third-order valence-electron chi connectivity index (χ3n) is 5.25. The molecule has 1 saturated heterocycles. The molecule has 2 aliphatic heterocycles. The van der Waals surface area contributed by atoms with Crippen LogP contribution in [0, 0.1) is 0 Å². The number of nitrogens with zero attached hydrogens (tertiary/aromatic N) is 3. The molecule has 0 saturated carbocycles. The fourth-order valence-electron chi connectivity index (χ4n) is 3.88. The summed E-state index contributed by atoms with van der Waals surface area (Å²) in [5, 5.41) is 4.25. The van der Waals surface area contributed by atoms with Gasteiger partial charge in [-0.15, -0.1) is 0 Å². The van der Waals surface area contributed by atoms with Crippen molar-refractivity contribution in [2.75, 3.05) is 31.5 Å². The minimum absolute atomic E-state index is 0.0155. The molecule has 0 bridgehead atoms. The fraction of sp³-hybridized carbons (Fsp3) is 0.421. The second-order valence-electron chi connectivity index (χ2n) is 6.74. The number of amides is 2. The molecule has 0 aliphatic carbocycles. The number of carbonyl (C=O) groups is 1. The van der Waals surface area contributed by atoms with Crippen LogP contribution in [0.3, 0.4) is 0 Å². The number of fused-ring (bicyclic) bond motifs is 1. The van der Waals surface area contributed by atoms with Gasteiger partial charge in [-0.05, 0) is 25.0 Å². The van der Waals surface area contributed by atoms with Crippen molar-refractivity contribution in [3.05, 3.63) is 42.6 Å². The highest BCUT2D eigenvalue weighted by Crippen LogP contribution is 2.25. The van der Waals surface area contributed by atoms with Crippen LogP contribution in [0.15, 0.2) is 42.6 Å². The first kappa shape index (κ1) is 15.3. The SMILES string of the molecule is Cn1ccc2cccc(NC(=O)N3CCC(N4CC=CC4)CC3)c21. The van der Waals surface area contributed by atoms with E-state index in [0.29, 0.717) is 6.04 Å². The van der Waals surface area contributed by atoms with Crippen molar-refractivity contribution in [2.24, 2.45) is 7.05 Å². The second-order valence-corrected chi connectivity index (χ2v) is 6.74. The number of hydrogen-bond donors (Lipinski definition) is 1. The van der Waals surface area contributed by atoms with Crippen LogP contribution in [0.4, 0.5) is 10.5 Å². The number of carbonyl (C=O) groups excluding carboxylic acids is 1. The minimum Gasteiger partial charge on any atom is -0.349 e. The van der Waals surface area contributed by atoms with Crippen LogP contribution >= 0.6 is 0 Å². The van der Waals surface area contributed by atoms with Crippen molar-refractivity contribution in [3.8, 4) is 0 Å². The zero-order valence-electron chi connectivity index (χ0n) is 14.1. The summed E-state index contributed by atoms with van der Waals surface area (Å²) in [5.74, 6) is 0. The van der Waals surface area contributed by atoms with Gasteiger partial charge in [-0.2, -0.15) is 0 Å². The van der Waals surface area contributed by atoms with Gasteiger partial charge in [0.25, 0.3) is 0 Å². The molecule has 0 spiro atoms. The normalized spacial score (nSPS) is 19.3. The van der Waals surface area contributed by atoms with Crippen LogP contribution in [0.5, 0.6) is 0 Å². The number of nitrogens with one attached hydrogen (secondary N) is 1. The van der Waals surface area contributed by atoms with Gasteiger partial charge in [-0.25, -0.2) is 4.79 Å². The van der Waals surface area contributed by atoms with Crippen LogP contribution < -0.4 is 5.32 Å². The summed E-state index contributed by atoms with van der Waals surface area (Å²) in [6.45, 7) is 3.78. The second kappa shape index (κ2) is 6.32. The maximum absolute atomic E-state index is 12.7. The van der Waals surface area contributed by atoms with Gasteiger partial charge in [-0.3, -0.25) is 4.90 Å². The summed E-state index contributed by atoms with van der Waals surface area (Å²) >= 11 is 0. The van der Waals surface area contributed by atoms with E-state index in [9.17, 15) is 4.79 Å². The molecule has 5 heteroatoms. The fourth-order valence-corrected chi connectivity index (χ4v) is 3.88. The summed E-state index contributed by atoms with van der Waals surface area (Å²) in [6, 6.07) is 8.73. The van der Waals surface area contributed by atoms with E-state index >= 15 is 0 Å². The zero-order chi connectivity index (χ0) is 16.5. The van der Waals surface area contributed by atoms with Crippen LogP contribution in [0.1, 0.15) is 12.8 Å². The van der Waals surface area contributed by atoms with Gasteiger partial charge in [-0.1, -0.05) is 24.3 Å². The highest BCUT2D eigenvalue weighted by atomic mass is 16.2. The smallest absolute Gasteiger partial charge is 0.321 e. The number of hydrogen-bond acceptors (Lipinski definition) is 2. The molecule has 0 radical (unpaired) electrons. The first-order chi connectivity index (χ1) is 11.7. The Kier molecular flexibility index (Phi) is 4.02. The number of likely N-dealkylation sites (tertiary alicyclic amines) is 1. The Morgan fingerprint density at radius 1 is 1.12 bits per heavy atom. The highest BCUT2D eigenvalue weighted by Gasteiger charge is 2.27. The number of urea groups is 1. The van der Waals surface area contributed by atoms with E-state index in [1.165, 1.54) is 0 Å². The van der Waals surface area contributed by atoms with Crippen molar-refractivity contribution >= 4 is 22.6 Å². The first-order valence-electron chi connectivity index (χ1n) is 8.71. The molecule has 2 aromatic rings. The molecule has 3 heterocycles. The average Bonchev–Trinajstić information content (AvgIpc) is 3.26. The molecule has 24 heavy (non-hydrogen) atoms. The maximum Gasteiger partial charge on any atom is 0.321 e. The monoisotopic (exact) mass is 324 g/mol. The van der Waals surface area contributed by atoms with E-state index in [1.807, 2.05) is 30.3 Å². The Hall–Kier alpha value is -2.27. The summed E-state index contributed by atoms with van der Waals surface area (Å²) in [5.41, 5.74) is 1.96. The quantitative estimate of drug-likeness (QED) is 0.863. The number of benzene rings is 1. The van der Waals surface area contributed by atoms with Gasteiger partial charge in [0.05, 0.1) is 11.2 Å². The lowest BCUT2D eigenvalue weighted by molar-refractivity contribution is 0.144. The molecule has 0 unspecified atom stereocenters. The van der Waals surface area contributed by atoms with E-state index in [0.717, 1.165) is 55.6 Å². The largest absolute Gasteiger partial charge is 0.349 e. The number of piperidine rings is 1. The van der Waals surface area contributed by atoms with Crippen molar-refractivity contribution in [1.82, 2.24) is 14.4 Å². The van der Waals surface area contributed by atoms with Crippen molar-refractivity contribution in [1.29, 1.82) is 0 Å². The van der Waals surface area contributed by atoms with E-state index in [2.05, 4.69) is 39.1 Å². The van der Waals surface area contributed by atoms with E-state index < -0.39 is 0 Å². The minimum atomic E-state index is 0.0155. The van der Waals surface area contributed by atoms with Crippen molar-refractivity contribution in [3.63, 3.8) is 0 Å². The number of anilines is 1. The third kappa shape index (κ3) is 2.80. The van der Waals surface area contributed by atoms with E-state index in [4.69, 9.17) is 0 Å². The van der Waals surface area contributed by atoms with Gasteiger partial charge < -0.3 is 14.8 Å². The van der Waals surface area contributed by atoms with E-state index in [-0.39, 0.29) is 6.03 Å². The predicted molar refractivity (Wildman–Crippen MR) is 97.2 cm³/mol. The molecule has 1 fully saturated rings. The Morgan fingerprint density at radius 2 is 1.88 bits per heavy atom. The number of aryl methyl sites for hydroxylation is 1. The van der Waals surface area contributed by atoms with Gasteiger partial charge in [0.15, 0.2) is 0 Å². The third-order valence-corrected chi connectivity index (χ3v) is 5.25. The van der Waals surface area contributed by atoms with E-state index in [1.54, 1.807) is 0 Å².